The maximum Gasteiger partial charge on any atom is 0.302 e. The van der Waals surface area contributed by atoms with E-state index >= 15 is 0 Å². The third-order valence-corrected chi connectivity index (χ3v) is 8.39. The Bertz CT molecular complexity index is 1740. The van der Waals surface area contributed by atoms with Crippen LogP contribution in [-0.4, -0.2) is 73.6 Å². The minimum absolute atomic E-state index is 0.00671. The molecule has 1 saturated heterocycles. The number of imidazole rings is 1. The number of hydrogen-bond acceptors (Lipinski definition) is 8. The minimum Gasteiger partial charge on any atom is -0.486 e. The van der Waals surface area contributed by atoms with Crippen LogP contribution >= 0.6 is 11.3 Å². The first-order valence-corrected chi connectivity index (χ1v) is 16.1. The van der Waals surface area contributed by atoms with Gasteiger partial charge in [-0.1, -0.05) is 19.4 Å². The van der Waals surface area contributed by atoms with Crippen molar-refractivity contribution in [3.8, 4) is 16.5 Å². The fourth-order valence-electron chi connectivity index (χ4n) is 5.34. The number of unbranched alkanes of at least 4 members (excludes halogenated alkanes) is 1. The van der Waals surface area contributed by atoms with Gasteiger partial charge in [-0.2, -0.15) is 0 Å². The topological polar surface area (TPSA) is 120 Å². The molecule has 0 bridgehead atoms. The molecule has 4 heterocycles. The van der Waals surface area contributed by atoms with E-state index in [1.54, 1.807) is 34.1 Å². The molecule has 2 amide bonds. The SMILES string of the molecule is CCCCOc1c(-c2ncc(Cc3ccc(F)cc3C(=O)NC(C)C)s2)nc2n(CC(=O)N3C[C@H](C)O[C@@H](C)C3)ccn2c1=O. The fraction of sp³-hybridized carbons (Fsp3) is 0.469. The predicted molar refractivity (Wildman–Crippen MR) is 169 cm³/mol. The summed E-state index contributed by atoms with van der Waals surface area (Å²) in [6, 6.07) is 4.05. The van der Waals surface area contributed by atoms with Crippen LogP contribution in [0.2, 0.25) is 0 Å². The third kappa shape index (κ3) is 7.42. The van der Waals surface area contributed by atoms with E-state index in [9.17, 15) is 18.8 Å². The maximum atomic E-state index is 14.1. The molecule has 45 heavy (non-hydrogen) atoms. The molecule has 0 radical (unpaired) electrons. The molecular formula is C32H39FN6O5S. The van der Waals surface area contributed by atoms with Crippen LogP contribution in [0.3, 0.4) is 0 Å². The van der Waals surface area contributed by atoms with Gasteiger partial charge in [0.05, 0.1) is 18.8 Å². The van der Waals surface area contributed by atoms with Crippen LogP contribution in [0.4, 0.5) is 4.39 Å². The van der Waals surface area contributed by atoms with Gasteiger partial charge in [0.25, 0.3) is 5.91 Å². The average molecular weight is 639 g/mol. The molecule has 1 aromatic carbocycles. The van der Waals surface area contributed by atoms with Crippen LogP contribution in [0.1, 0.15) is 68.3 Å². The molecule has 1 aliphatic rings. The lowest BCUT2D eigenvalue weighted by molar-refractivity contribution is -0.143. The zero-order valence-electron chi connectivity index (χ0n) is 26.2. The molecule has 11 nitrogen and oxygen atoms in total. The van der Waals surface area contributed by atoms with E-state index in [4.69, 9.17) is 14.5 Å². The Morgan fingerprint density at radius 1 is 1.20 bits per heavy atom. The summed E-state index contributed by atoms with van der Waals surface area (Å²) in [5.74, 6) is -0.567. The number of aromatic nitrogens is 4. The van der Waals surface area contributed by atoms with Crippen LogP contribution in [0.5, 0.6) is 5.75 Å². The molecule has 0 aliphatic carbocycles. The van der Waals surface area contributed by atoms with E-state index in [0.29, 0.717) is 42.5 Å². The number of carbonyl (C=O) groups is 2. The van der Waals surface area contributed by atoms with Gasteiger partial charge in [-0.25, -0.2) is 18.8 Å². The molecule has 0 spiro atoms. The first-order valence-electron chi connectivity index (χ1n) is 15.3. The number of rotatable bonds is 11. The maximum absolute atomic E-state index is 14.1. The second-order valence-corrected chi connectivity index (χ2v) is 12.8. The van der Waals surface area contributed by atoms with Crippen molar-refractivity contribution >= 4 is 28.9 Å². The first kappa shape index (κ1) is 32.3. The van der Waals surface area contributed by atoms with Gasteiger partial charge in [0.1, 0.15) is 17.4 Å². The Morgan fingerprint density at radius 2 is 1.96 bits per heavy atom. The summed E-state index contributed by atoms with van der Waals surface area (Å²) >= 11 is 1.31. The van der Waals surface area contributed by atoms with Gasteiger partial charge >= 0.3 is 5.56 Å². The van der Waals surface area contributed by atoms with Crippen molar-refractivity contribution < 1.29 is 23.5 Å². The number of hydrogen-bond donors (Lipinski definition) is 1. The van der Waals surface area contributed by atoms with Crippen LogP contribution in [0, 0.1) is 5.82 Å². The Hall–Kier alpha value is -4.10. The Kier molecular flexibility index (Phi) is 9.98. The van der Waals surface area contributed by atoms with Crippen molar-refractivity contribution in [3.63, 3.8) is 0 Å². The van der Waals surface area contributed by atoms with E-state index in [-0.39, 0.29) is 53.6 Å². The van der Waals surface area contributed by atoms with Crippen LogP contribution in [-0.2, 0) is 22.5 Å². The lowest BCUT2D eigenvalue weighted by atomic mass is 10.0. The highest BCUT2D eigenvalue weighted by Crippen LogP contribution is 2.31. The number of benzene rings is 1. The molecule has 2 atom stereocenters. The summed E-state index contributed by atoms with van der Waals surface area (Å²) in [6.07, 6.45) is 6.75. The molecule has 1 fully saturated rings. The van der Waals surface area contributed by atoms with Crippen LogP contribution in [0.15, 0.2) is 41.6 Å². The Morgan fingerprint density at radius 3 is 2.67 bits per heavy atom. The van der Waals surface area contributed by atoms with Crippen molar-refractivity contribution in [2.24, 2.45) is 0 Å². The molecule has 240 valence electrons. The number of carbonyl (C=O) groups excluding carboxylic acids is 2. The lowest BCUT2D eigenvalue weighted by Crippen LogP contribution is -2.49. The third-order valence-electron chi connectivity index (χ3n) is 7.39. The monoisotopic (exact) mass is 638 g/mol. The van der Waals surface area contributed by atoms with E-state index in [1.165, 1.54) is 27.9 Å². The number of thiazole rings is 1. The normalized spacial score (nSPS) is 16.8. The van der Waals surface area contributed by atoms with Crippen LogP contribution in [0.25, 0.3) is 16.5 Å². The summed E-state index contributed by atoms with van der Waals surface area (Å²) < 4.78 is 28.9. The van der Waals surface area contributed by atoms with Gasteiger partial charge in [-0.05, 0) is 51.8 Å². The highest BCUT2D eigenvalue weighted by molar-refractivity contribution is 7.15. The zero-order valence-corrected chi connectivity index (χ0v) is 27.0. The van der Waals surface area contributed by atoms with Gasteiger partial charge in [0, 0.05) is 54.6 Å². The number of halogens is 1. The standard InChI is InChI=1S/C32H39FN6O5S/c1-6-7-12-43-28-27(30-34-15-24(45-30)13-22-8-9-23(33)14-25(22)29(41)35-19(2)3)36-32-37(10-11-39(32)31(28)42)18-26(40)38-16-20(4)44-21(5)17-38/h8-11,14-15,19-21H,6-7,12-13,16-18H2,1-5H3,(H,35,41)/t20-,21-/m0/s1. The van der Waals surface area contributed by atoms with Gasteiger partial charge in [0.2, 0.25) is 17.4 Å². The highest BCUT2D eigenvalue weighted by Gasteiger charge is 2.27. The molecule has 0 unspecified atom stereocenters. The van der Waals surface area contributed by atoms with Crippen molar-refractivity contribution in [3.05, 3.63) is 69.0 Å². The number of morpholine rings is 1. The first-order chi connectivity index (χ1) is 21.5. The molecule has 4 aromatic rings. The molecular weight excluding hydrogens is 599 g/mol. The number of nitrogens with one attached hydrogen (secondary N) is 1. The van der Waals surface area contributed by atoms with Crippen molar-refractivity contribution in [2.75, 3.05) is 19.7 Å². The van der Waals surface area contributed by atoms with Crippen molar-refractivity contribution in [1.29, 1.82) is 0 Å². The van der Waals surface area contributed by atoms with Gasteiger partial charge in [-0.15, -0.1) is 11.3 Å². The van der Waals surface area contributed by atoms with Gasteiger partial charge < -0.3 is 24.3 Å². The van der Waals surface area contributed by atoms with Crippen molar-refractivity contribution in [2.45, 2.75) is 78.7 Å². The second kappa shape index (κ2) is 13.9. The van der Waals surface area contributed by atoms with Crippen molar-refractivity contribution in [1.82, 2.24) is 29.2 Å². The summed E-state index contributed by atoms with van der Waals surface area (Å²) in [6.45, 7) is 10.9. The van der Waals surface area contributed by atoms with E-state index in [2.05, 4.69) is 10.3 Å². The van der Waals surface area contributed by atoms with Gasteiger partial charge in [0.15, 0.2) is 5.69 Å². The van der Waals surface area contributed by atoms with Gasteiger partial charge in [-0.3, -0.25) is 14.4 Å². The molecule has 1 N–H and O–H groups in total. The Labute approximate surface area is 265 Å². The number of nitrogens with zero attached hydrogens (tertiary/aromatic N) is 5. The smallest absolute Gasteiger partial charge is 0.302 e. The molecule has 0 saturated carbocycles. The van der Waals surface area contributed by atoms with E-state index in [0.717, 1.165) is 17.7 Å². The lowest BCUT2D eigenvalue weighted by Gasteiger charge is -2.35. The number of amides is 2. The Balaban J connectivity index is 1.49. The molecule has 5 rings (SSSR count). The predicted octanol–water partition coefficient (Wildman–Crippen LogP) is 4.30. The molecule has 13 heteroatoms. The zero-order chi connectivity index (χ0) is 32.2. The summed E-state index contributed by atoms with van der Waals surface area (Å²) in [5, 5.41) is 3.28. The van der Waals surface area contributed by atoms with E-state index < -0.39 is 11.4 Å². The average Bonchev–Trinajstić information content (AvgIpc) is 3.61. The van der Waals surface area contributed by atoms with E-state index in [1.807, 2.05) is 34.6 Å². The number of fused-ring (bicyclic) bond motifs is 1. The molecule has 1 aliphatic heterocycles. The minimum atomic E-state index is -0.497. The quantitative estimate of drug-likeness (QED) is 0.243. The molecule has 3 aromatic heterocycles. The summed E-state index contributed by atoms with van der Waals surface area (Å²) in [7, 11) is 0. The second-order valence-electron chi connectivity index (χ2n) is 11.7. The largest absolute Gasteiger partial charge is 0.486 e. The highest BCUT2D eigenvalue weighted by atomic mass is 32.1. The number of ether oxygens (including phenoxy) is 2. The fourth-order valence-corrected chi connectivity index (χ4v) is 6.26. The van der Waals surface area contributed by atoms with Crippen LogP contribution < -0.4 is 15.6 Å². The summed E-state index contributed by atoms with van der Waals surface area (Å²) in [5.41, 5.74) is 0.789. The summed E-state index contributed by atoms with van der Waals surface area (Å²) in [4.78, 5) is 51.7.